The summed E-state index contributed by atoms with van der Waals surface area (Å²) >= 11 is 0. The first-order valence-electron chi connectivity index (χ1n) is 4.69. The van der Waals surface area contributed by atoms with E-state index in [4.69, 9.17) is 0 Å². The molecule has 0 aliphatic heterocycles. The van der Waals surface area contributed by atoms with Gasteiger partial charge in [0.05, 0.1) is 0 Å². The fourth-order valence-electron chi connectivity index (χ4n) is 1.47. The summed E-state index contributed by atoms with van der Waals surface area (Å²) in [7, 11) is 2.03. The predicted octanol–water partition coefficient (Wildman–Crippen LogP) is 1.50. The van der Waals surface area contributed by atoms with E-state index >= 15 is 0 Å². The van der Waals surface area contributed by atoms with Crippen molar-refractivity contribution in [2.75, 3.05) is 0 Å². The van der Waals surface area contributed by atoms with Crippen LogP contribution in [0.5, 0.6) is 0 Å². The molecule has 0 atom stereocenters. The van der Waals surface area contributed by atoms with Crippen LogP contribution in [0.4, 0.5) is 0 Å². The zero-order chi connectivity index (χ0) is 9.80. The minimum Gasteiger partial charge on any atom is -0.261 e. The number of aryl methyl sites for hydroxylation is 1. The quantitative estimate of drug-likeness (QED) is 0.648. The van der Waals surface area contributed by atoms with Gasteiger partial charge in [-0.1, -0.05) is 6.07 Å². The lowest BCUT2D eigenvalue weighted by Crippen LogP contribution is -2.26. The zero-order valence-electron chi connectivity index (χ0n) is 8.22. The Bertz CT molecular complexity index is 410. The van der Waals surface area contributed by atoms with Crippen molar-refractivity contribution >= 4 is 0 Å². The Kier molecular flexibility index (Phi) is 2.54. The molecule has 0 N–H and O–H groups in total. The summed E-state index contributed by atoms with van der Waals surface area (Å²) < 4.78 is 2.05. The first-order valence-corrected chi connectivity index (χ1v) is 4.69. The molecule has 2 heteroatoms. The van der Waals surface area contributed by atoms with Crippen molar-refractivity contribution < 1.29 is 4.57 Å². The van der Waals surface area contributed by atoms with Crippen molar-refractivity contribution in [3.05, 3.63) is 60.2 Å². The lowest BCUT2D eigenvalue weighted by atomic mass is 10.1. The fraction of sp³-hybridized carbons (Fsp3) is 0.167. The zero-order valence-corrected chi connectivity index (χ0v) is 8.22. The highest BCUT2D eigenvalue weighted by molar-refractivity contribution is 5.16. The number of hydrogen-bond donors (Lipinski definition) is 0. The van der Waals surface area contributed by atoms with E-state index in [1.807, 2.05) is 37.6 Å². The maximum atomic E-state index is 4.29. The van der Waals surface area contributed by atoms with Crippen molar-refractivity contribution in [1.29, 1.82) is 0 Å². The molecule has 0 aromatic carbocycles. The minimum atomic E-state index is 0.898. The van der Waals surface area contributed by atoms with Gasteiger partial charge in [0.2, 0.25) is 0 Å². The van der Waals surface area contributed by atoms with E-state index in [1.54, 1.807) is 0 Å². The molecule has 0 bridgehead atoms. The van der Waals surface area contributed by atoms with Crippen LogP contribution in [0.15, 0.2) is 48.9 Å². The standard InChI is InChI=1S/C12H13N2/c1-14-8-4-5-11(10-14)9-12-6-2-3-7-13-12/h2-8,10H,9H2,1H3/q+1. The molecule has 14 heavy (non-hydrogen) atoms. The molecular formula is C12H13N2+. The Balaban J connectivity index is 2.19. The number of pyridine rings is 2. The van der Waals surface area contributed by atoms with Gasteiger partial charge >= 0.3 is 0 Å². The van der Waals surface area contributed by atoms with Crippen LogP contribution in [0.25, 0.3) is 0 Å². The van der Waals surface area contributed by atoms with Gasteiger partial charge < -0.3 is 0 Å². The summed E-state index contributed by atoms with van der Waals surface area (Å²) in [5.41, 5.74) is 2.40. The molecule has 2 rings (SSSR count). The van der Waals surface area contributed by atoms with E-state index in [2.05, 4.69) is 27.9 Å². The van der Waals surface area contributed by atoms with Crippen molar-refractivity contribution in [1.82, 2.24) is 4.98 Å². The van der Waals surface area contributed by atoms with Crippen molar-refractivity contribution in [3.63, 3.8) is 0 Å². The molecule has 0 spiro atoms. The third-order valence-corrected chi connectivity index (χ3v) is 2.11. The van der Waals surface area contributed by atoms with E-state index in [1.165, 1.54) is 5.56 Å². The van der Waals surface area contributed by atoms with Crippen molar-refractivity contribution in [2.24, 2.45) is 7.05 Å². The van der Waals surface area contributed by atoms with Crippen molar-refractivity contribution in [3.8, 4) is 0 Å². The summed E-state index contributed by atoms with van der Waals surface area (Å²) in [5.74, 6) is 0. The Labute approximate surface area is 83.9 Å². The van der Waals surface area contributed by atoms with E-state index < -0.39 is 0 Å². The molecule has 2 nitrogen and oxygen atoms in total. The van der Waals surface area contributed by atoms with Gasteiger partial charge in [0.15, 0.2) is 12.4 Å². The Morgan fingerprint density at radius 1 is 1.21 bits per heavy atom. The number of rotatable bonds is 2. The lowest BCUT2D eigenvalue weighted by Gasteiger charge is -1.98. The topological polar surface area (TPSA) is 16.8 Å². The van der Waals surface area contributed by atoms with E-state index in [0.29, 0.717) is 0 Å². The Hall–Kier alpha value is -1.70. The third kappa shape index (κ3) is 2.16. The maximum absolute atomic E-state index is 4.29. The average molecular weight is 185 g/mol. The van der Waals surface area contributed by atoms with Crippen LogP contribution >= 0.6 is 0 Å². The summed E-state index contributed by atoms with van der Waals surface area (Å²) in [6.07, 6.45) is 6.88. The van der Waals surface area contributed by atoms with E-state index in [0.717, 1.165) is 12.1 Å². The summed E-state index contributed by atoms with van der Waals surface area (Å²) in [6, 6.07) is 10.2. The highest BCUT2D eigenvalue weighted by atomic mass is 14.9. The van der Waals surface area contributed by atoms with E-state index in [-0.39, 0.29) is 0 Å². The lowest BCUT2D eigenvalue weighted by molar-refractivity contribution is -0.671. The van der Waals surface area contributed by atoms with Crippen LogP contribution in [0.3, 0.4) is 0 Å². The average Bonchev–Trinajstić information content (AvgIpc) is 2.19. The van der Waals surface area contributed by atoms with Gasteiger partial charge in [-0.25, -0.2) is 4.57 Å². The summed E-state index contributed by atoms with van der Waals surface area (Å²) in [5, 5.41) is 0. The third-order valence-electron chi connectivity index (χ3n) is 2.11. The number of aromatic nitrogens is 2. The van der Waals surface area contributed by atoms with Gasteiger partial charge in [0, 0.05) is 29.9 Å². The van der Waals surface area contributed by atoms with Gasteiger partial charge in [-0.2, -0.15) is 0 Å². The Morgan fingerprint density at radius 2 is 2.14 bits per heavy atom. The number of hydrogen-bond acceptors (Lipinski definition) is 1. The van der Waals surface area contributed by atoms with Crippen LogP contribution in [-0.2, 0) is 13.5 Å². The molecule has 0 aliphatic carbocycles. The molecular weight excluding hydrogens is 172 g/mol. The van der Waals surface area contributed by atoms with Gasteiger partial charge in [0.1, 0.15) is 7.05 Å². The molecule has 2 aromatic rings. The molecule has 70 valence electrons. The SMILES string of the molecule is C[n+]1cccc(Cc2ccccn2)c1. The second kappa shape index (κ2) is 4.01. The van der Waals surface area contributed by atoms with E-state index in [9.17, 15) is 0 Å². The van der Waals surface area contributed by atoms with Gasteiger partial charge in [-0.15, -0.1) is 0 Å². The normalized spacial score (nSPS) is 10.1. The maximum Gasteiger partial charge on any atom is 0.172 e. The fourth-order valence-corrected chi connectivity index (χ4v) is 1.47. The molecule has 2 aromatic heterocycles. The number of nitrogens with zero attached hydrogens (tertiary/aromatic N) is 2. The van der Waals surface area contributed by atoms with Crippen LogP contribution in [-0.4, -0.2) is 4.98 Å². The smallest absolute Gasteiger partial charge is 0.172 e. The van der Waals surface area contributed by atoms with Crippen LogP contribution in [0.2, 0.25) is 0 Å². The Morgan fingerprint density at radius 3 is 2.86 bits per heavy atom. The molecule has 0 fully saturated rings. The van der Waals surface area contributed by atoms with Crippen LogP contribution in [0, 0.1) is 0 Å². The van der Waals surface area contributed by atoms with Gasteiger partial charge in [-0.05, 0) is 18.2 Å². The molecule has 0 amide bonds. The molecule has 0 radical (unpaired) electrons. The molecule has 0 aliphatic rings. The molecule has 0 saturated carbocycles. The van der Waals surface area contributed by atoms with Crippen molar-refractivity contribution in [2.45, 2.75) is 6.42 Å². The molecule has 2 heterocycles. The van der Waals surface area contributed by atoms with Crippen LogP contribution < -0.4 is 4.57 Å². The first kappa shape index (κ1) is 8.88. The second-order valence-electron chi connectivity index (χ2n) is 3.38. The first-order chi connectivity index (χ1) is 6.84. The van der Waals surface area contributed by atoms with Gasteiger partial charge in [0.25, 0.3) is 0 Å². The second-order valence-corrected chi connectivity index (χ2v) is 3.38. The molecule has 0 unspecified atom stereocenters. The monoisotopic (exact) mass is 185 g/mol. The summed E-state index contributed by atoms with van der Waals surface area (Å²) in [6.45, 7) is 0. The highest BCUT2D eigenvalue weighted by Gasteiger charge is 2.00. The highest BCUT2D eigenvalue weighted by Crippen LogP contribution is 2.03. The van der Waals surface area contributed by atoms with Gasteiger partial charge in [-0.3, -0.25) is 4.98 Å². The molecule has 0 saturated heterocycles. The van der Waals surface area contributed by atoms with Crippen LogP contribution in [0.1, 0.15) is 11.3 Å². The minimum absolute atomic E-state index is 0.898. The predicted molar refractivity (Wildman–Crippen MR) is 54.7 cm³/mol. The largest absolute Gasteiger partial charge is 0.261 e. The summed E-state index contributed by atoms with van der Waals surface area (Å²) in [4.78, 5) is 4.29.